The van der Waals surface area contributed by atoms with Crippen molar-refractivity contribution >= 4 is 0 Å². The SMILES string of the molecule is COc1cc2c(cc1CC1CCCCN1)OCC2. The van der Waals surface area contributed by atoms with E-state index in [1.54, 1.807) is 7.11 Å². The standard InChI is InChI=1S/C15H21NO2/c1-17-14-9-11-5-7-18-15(11)10-12(14)8-13-4-2-3-6-16-13/h9-10,13,16H,2-8H2,1H3. The minimum atomic E-state index is 0.590. The highest BCUT2D eigenvalue weighted by Gasteiger charge is 2.20. The first-order valence-electron chi connectivity index (χ1n) is 6.93. The van der Waals surface area contributed by atoms with Crippen LogP contribution in [0.3, 0.4) is 0 Å². The third kappa shape index (κ3) is 2.32. The van der Waals surface area contributed by atoms with Crippen LogP contribution in [0.2, 0.25) is 0 Å². The lowest BCUT2D eigenvalue weighted by Crippen LogP contribution is -2.35. The Kier molecular flexibility index (Phi) is 3.41. The fourth-order valence-electron chi connectivity index (χ4n) is 2.96. The van der Waals surface area contributed by atoms with Gasteiger partial charge in [0.1, 0.15) is 11.5 Å². The Morgan fingerprint density at radius 3 is 3.11 bits per heavy atom. The molecule has 0 radical (unpaired) electrons. The Hall–Kier alpha value is -1.22. The van der Waals surface area contributed by atoms with Crippen molar-refractivity contribution < 1.29 is 9.47 Å². The topological polar surface area (TPSA) is 30.5 Å². The zero-order valence-electron chi connectivity index (χ0n) is 11.0. The molecule has 0 bridgehead atoms. The number of hydrogen-bond acceptors (Lipinski definition) is 3. The van der Waals surface area contributed by atoms with Crippen molar-refractivity contribution in [2.75, 3.05) is 20.3 Å². The van der Waals surface area contributed by atoms with E-state index in [2.05, 4.69) is 17.4 Å². The van der Waals surface area contributed by atoms with Crippen LogP contribution in [0.5, 0.6) is 11.5 Å². The first-order chi connectivity index (χ1) is 8.86. The van der Waals surface area contributed by atoms with Crippen molar-refractivity contribution in [3.8, 4) is 11.5 Å². The summed E-state index contributed by atoms with van der Waals surface area (Å²) < 4.78 is 11.2. The molecule has 3 rings (SSSR count). The molecule has 1 saturated heterocycles. The first kappa shape index (κ1) is 11.8. The lowest BCUT2D eigenvalue weighted by atomic mass is 9.96. The van der Waals surface area contributed by atoms with Gasteiger partial charge in [-0.15, -0.1) is 0 Å². The van der Waals surface area contributed by atoms with Gasteiger partial charge in [-0.1, -0.05) is 6.42 Å². The number of ether oxygens (including phenoxy) is 2. The molecule has 1 unspecified atom stereocenters. The van der Waals surface area contributed by atoms with E-state index >= 15 is 0 Å². The van der Waals surface area contributed by atoms with Crippen molar-refractivity contribution in [2.24, 2.45) is 0 Å². The molecule has 1 fully saturated rings. The highest BCUT2D eigenvalue weighted by atomic mass is 16.5. The van der Waals surface area contributed by atoms with E-state index in [1.807, 2.05) is 0 Å². The second-order valence-corrected chi connectivity index (χ2v) is 5.22. The van der Waals surface area contributed by atoms with Crippen molar-refractivity contribution in [1.82, 2.24) is 5.32 Å². The number of methoxy groups -OCH3 is 1. The number of fused-ring (bicyclic) bond motifs is 1. The highest BCUT2D eigenvalue weighted by Crippen LogP contribution is 2.33. The molecular weight excluding hydrogens is 226 g/mol. The van der Waals surface area contributed by atoms with Gasteiger partial charge in [0.2, 0.25) is 0 Å². The van der Waals surface area contributed by atoms with Crippen LogP contribution in [-0.4, -0.2) is 26.3 Å². The van der Waals surface area contributed by atoms with Crippen LogP contribution in [0.25, 0.3) is 0 Å². The monoisotopic (exact) mass is 247 g/mol. The molecule has 0 amide bonds. The molecule has 2 aliphatic heterocycles. The summed E-state index contributed by atoms with van der Waals surface area (Å²) >= 11 is 0. The molecular formula is C15H21NO2. The minimum absolute atomic E-state index is 0.590. The minimum Gasteiger partial charge on any atom is -0.496 e. The molecule has 18 heavy (non-hydrogen) atoms. The molecule has 2 aliphatic rings. The number of nitrogens with one attached hydrogen (secondary N) is 1. The summed E-state index contributed by atoms with van der Waals surface area (Å²) in [5.41, 5.74) is 2.56. The van der Waals surface area contributed by atoms with Gasteiger partial charge in [-0.2, -0.15) is 0 Å². The zero-order chi connectivity index (χ0) is 12.4. The Morgan fingerprint density at radius 2 is 2.33 bits per heavy atom. The van der Waals surface area contributed by atoms with Crippen molar-refractivity contribution in [2.45, 2.75) is 38.1 Å². The van der Waals surface area contributed by atoms with Crippen LogP contribution < -0.4 is 14.8 Å². The van der Waals surface area contributed by atoms with Crippen LogP contribution in [0.15, 0.2) is 12.1 Å². The lowest BCUT2D eigenvalue weighted by molar-refractivity contribution is 0.354. The molecule has 1 N–H and O–H groups in total. The molecule has 1 aromatic rings. The molecule has 1 atom stereocenters. The van der Waals surface area contributed by atoms with Crippen LogP contribution in [0.4, 0.5) is 0 Å². The summed E-state index contributed by atoms with van der Waals surface area (Å²) in [5, 5.41) is 3.59. The molecule has 3 nitrogen and oxygen atoms in total. The number of benzene rings is 1. The van der Waals surface area contributed by atoms with Crippen LogP contribution >= 0.6 is 0 Å². The summed E-state index contributed by atoms with van der Waals surface area (Å²) in [7, 11) is 1.76. The van der Waals surface area contributed by atoms with E-state index in [1.165, 1.54) is 30.4 Å². The van der Waals surface area contributed by atoms with Crippen molar-refractivity contribution in [1.29, 1.82) is 0 Å². The maximum absolute atomic E-state index is 5.65. The quantitative estimate of drug-likeness (QED) is 0.889. The zero-order valence-corrected chi connectivity index (χ0v) is 11.0. The molecule has 1 aromatic carbocycles. The predicted octanol–water partition coefficient (Wildman–Crippen LogP) is 2.31. The van der Waals surface area contributed by atoms with Gasteiger partial charge >= 0.3 is 0 Å². The molecule has 98 valence electrons. The average Bonchev–Trinajstić information content (AvgIpc) is 2.86. The normalized spacial score (nSPS) is 22.4. The number of piperidine rings is 1. The van der Waals surface area contributed by atoms with Crippen LogP contribution in [-0.2, 0) is 12.8 Å². The van der Waals surface area contributed by atoms with E-state index in [-0.39, 0.29) is 0 Å². The molecule has 3 heteroatoms. The Balaban J connectivity index is 1.81. The smallest absolute Gasteiger partial charge is 0.123 e. The Morgan fingerprint density at radius 1 is 1.39 bits per heavy atom. The van der Waals surface area contributed by atoms with Gasteiger partial charge < -0.3 is 14.8 Å². The number of hydrogen-bond donors (Lipinski definition) is 1. The summed E-state index contributed by atoms with van der Waals surface area (Å²) in [6.07, 6.45) is 5.96. The van der Waals surface area contributed by atoms with Gasteiger partial charge in [0.05, 0.1) is 13.7 Å². The van der Waals surface area contributed by atoms with Crippen LogP contribution in [0.1, 0.15) is 30.4 Å². The van der Waals surface area contributed by atoms with Gasteiger partial charge in [-0.25, -0.2) is 0 Å². The molecule has 0 aliphatic carbocycles. The molecule has 2 heterocycles. The van der Waals surface area contributed by atoms with Gasteiger partial charge in [-0.05, 0) is 43.5 Å². The second kappa shape index (κ2) is 5.19. The van der Waals surface area contributed by atoms with E-state index in [0.29, 0.717) is 6.04 Å². The molecule has 0 saturated carbocycles. The van der Waals surface area contributed by atoms with Crippen molar-refractivity contribution in [3.05, 3.63) is 23.3 Å². The van der Waals surface area contributed by atoms with E-state index in [9.17, 15) is 0 Å². The average molecular weight is 247 g/mol. The fourth-order valence-corrected chi connectivity index (χ4v) is 2.96. The lowest BCUT2D eigenvalue weighted by Gasteiger charge is -2.24. The third-order valence-corrected chi connectivity index (χ3v) is 3.97. The maximum Gasteiger partial charge on any atom is 0.123 e. The van der Waals surface area contributed by atoms with Gasteiger partial charge in [0.25, 0.3) is 0 Å². The van der Waals surface area contributed by atoms with E-state index < -0.39 is 0 Å². The maximum atomic E-state index is 5.65. The second-order valence-electron chi connectivity index (χ2n) is 5.22. The Bertz CT molecular complexity index is 425. The van der Waals surface area contributed by atoms with Crippen LogP contribution in [0, 0.1) is 0 Å². The third-order valence-electron chi connectivity index (χ3n) is 3.97. The van der Waals surface area contributed by atoms with E-state index in [0.717, 1.165) is 37.5 Å². The van der Waals surface area contributed by atoms with E-state index in [4.69, 9.17) is 9.47 Å². The largest absolute Gasteiger partial charge is 0.496 e. The molecule has 0 aromatic heterocycles. The number of rotatable bonds is 3. The van der Waals surface area contributed by atoms with Gasteiger partial charge in [-0.3, -0.25) is 0 Å². The van der Waals surface area contributed by atoms with Gasteiger partial charge in [0, 0.05) is 18.0 Å². The first-order valence-corrected chi connectivity index (χ1v) is 6.93. The Labute approximate surface area is 108 Å². The highest BCUT2D eigenvalue weighted by molar-refractivity contribution is 5.48. The summed E-state index contributed by atoms with van der Waals surface area (Å²) in [6, 6.07) is 4.92. The summed E-state index contributed by atoms with van der Waals surface area (Å²) in [6.45, 7) is 1.96. The van der Waals surface area contributed by atoms with Crippen molar-refractivity contribution in [3.63, 3.8) is 0 Å². The van der Waals surface area contributed by atoms with Gasteiger partial charge in [0.15, 0.2) is 0 Å². The summed E-state index contributed by atoms with van der Waals surface area (Å²) in [4.78, 5) is 0. The predicted molar refractivity (Wildman–Crippen MR) is 71.5 cm³/mol. The molecule has 0 spiro atoms. The summed E-state index contributed by atoms with van der Waals surface area (Å²) in [5.74, 6) is 2.08. The fraction of sp³-hybridized carbons (Fsp3) is 0.600.